The lowest BCUT2D eigenvalue weighted by atomic mass is 10.1. The highest BCUT2D eigenvalue weighted by Gasteiger charge is 2.16. The minimum atomic E-state index is -0.776. The molecule has 2 aromatic rings. The summed E-state index contributed by atoms with van der Waals surface area (Å²) in [6.07, 6.45) is -0.619. The van der Waals surface area contributed by atoms with Crippen LogP contribution in [0, 0.1) is 0 Å². The summed E-state index contributed by atoms with van der Waals surface area (Å²) in [6.45, 7) is 5.47. The normalized spacial score (nSPS) is 11.3. The van der Waals surface area contributed by atoms with Crippen LogP contribution < -0.4 is 21.5 Å². The Morgan fingerprint density at radius 1 is 1.27 bits per heavy atom. The number of hydrogen-bond acceptors (Lipinski definition) is 5. The van der Waals surface area contributed by atoms with Crippen LogP contribution in [-0.2, 0) is 7.05 Å². The Bertz CT molecular complexity index is 807. The summed E-state index contributed by atoms with van der Waals surface area (Å²) in [5.74, 6) is -0.556. The van der Waals surface area contributed by atoms with E-state index < -0.39 is 23.1 Å². The molecule has 0 radical (unpaired) electrons. The third kappa shape index (κ3) is 3.46. The molecule has 0 spiro atoms. The Morgan fingerprint density at radius 2 is 1.95 bits per heavy atom. The second kappa shape index (κ2) is 5.55. The average Bonchev–Trinajstić information content (AvgIpc) is 2.64. The number of carbonyl (C=O) groups is 1. The van der Waals surface area contributed by atoms with Crippen LogP contribution in [0.2, 0.25) is 0 Å². The van der Waals surface area contributed by atoms with E-state index in [2.05, 4.69) is 5.32 Å². The van der Waals surface area contributed by atoms with E-state index in [1.807, 2.05) is 20.8 Å². The van der Waals surface area contributed by atoms with Crippen molar-refractivity contribution in [2.24, 2.45) is 7.05 Å². The molecule has 1 aromatic carbocycles. The van der Waals surface area contributed by atoms with Crippen LogP contribution in [0.25, 0.3) is 5.69 Å². The van der Waals surface area contributed by atoms with Crippen molar-refractivity contribution in [1.29, 1.82) is 0 Å². The Hall–Kier alpha value is -2.77. The van der Waals surface area contributed by atoms with Gasteiger partial charge in [-0.3, -0.25) is 0 Å². The maximum atomic E-state index is 11.8. The van der Waals surface area contributed by atoms with Gasteiger partial charge in [0.1, 0.15) is 5.75 Å². The molecule has 2 rings (SSSR count). The van der Waals surface area contributed by atoms with Gasteiger partial charge in [0.05, 0.1) is 5.69 Å². The first-order valence-electron chi connectivity index (χ1n) is 6.57. The van der Waals surface area contributed by atoms with Crippen molar-refractivity contribution in [1.82, 2.24) is 14.6 Å². The monoisotopic (exact) mass is 307 g/mol. The lowest BCUT2D eigenvalue weighted by molar-refractivity contribution is 0.190. The highest BCUT2D eigenvalue weighted by atomic mass is 16.6. The van der Waals surface area contributed by atoms with Crippen molar-refractivity contribution in [2.75, 3.05) is 0 Å². The molecule has 0 aliphatic carbocycles. The SMILES string of the molecule is Cn1c(=O)on(-c2cccc(OC(=O)NC(C)(C)C)c2)c1=O. The summed E-state index contributed by atoms with van der Waals surface area (Å²) in [4.78, 5) is 34.9. The lowest BCUT2D eigenvalue weighted by Crippen LogP contribution is -2.42. The minimum Gasteiger partial charge on any atom is -0.410 e. The molecule has 1 aromatic heterocycles. The van der Waals surface area contributed by atoms with Gasteiger partial charge >= 0.3 is 17.5 Å². The summed E-state index contributed by atoms with van der Waals surface area (Å²) >= 11 is 0. The zero-order chi connectivity index (χ0) is 16.5. The molecule has 0 saturated carbocycles. The molecular weight excluding hydrogens is 290 g/mol. The second-order valence-corrected chi connectivity index (χ2v) is 5.76. The maximum Gasteiger partial charge on any atom is 0.442 e. The fraction of sp³-hybridized carbons (Fsp3) is 0.357. The number of benzene rings is 1. The number of nitrogens with one attached hydrogen (secondary N) is 1. The maximum absolute atomic E-state index is 11.8. The summed E-state index contributed by atoms with van der Waals surface area (Å²) in [5.41, 5.74) is -0.775. The number of carbonyl (C=O) groups excluding carboxylic acids is 1. The van der Waals surface area contributed by atoms with Gasteiger partial charge in [-0.1, -0.05) is 6.07 Å². The van der Waals surface area contributed by atoms with Crippen molar-refractivity contribution in [3.05, 3.63) is 45.3 Å². The van der Waals surface area contributed by atoms with Gasteiger partial charge in [-0.15, -0.1) is 4.74 Å². The summed E-state index contributed by atoms with van der Waals surface area (Å²) in [7, 11) is 1.31. The van der Waals surface area contributed by atoms with Gasteiger partial charge in [0, 0.05) is 18.7 Å². The van der Waals surface area contributed by atoms with E-state index in [0.29, 0.717) is 0 Å². The summed E-state index contributed by atoms with van der Waals surface area (Å²) < 4.78 is 11.6. The Morgan fingerprint density at radius 3 is 2.50 bits per heavy atom. The van der Waals surface area contributed by atoms with Crippen LogP contribution in [-0.4, -0.2) is 20.9 Å². The number of amides is 1. The summed E-state index contributed by atoms with van der Waals surface area (Å²) in [5, 5.41) is 2.64. The number of ether oxygens (including phenoxy) is 1. The van der Waals surface area contributed by atoms with Gasteiger partial charge in [0.15, 0.2) is 0 Å². The molecule has 0 fully saturated rings. The Kier molecular flexibility index (Phi) is 3.94. The first-order valence-corrected chi connectivity index (χ1v) is 6.57. The van der Waals surface area contributed by atoms with E-state index in [0.717, 1.165) is 9.31 Å². The molecule has 0 aliphatic rings. The molecule has 0 aliphatic heterocycles. The molecule has 0 atom stereocenters. The molecular formula is C14H17N3O5. The fourth-order valence-electron chi connectivity index (χ4n) is 1.67. The van der Waals surface area contributed by atoms with Crippen LogP contribution in [0.4, 0.5) is 4.79 Å². The van der Waals surface area contributed by atoms with Crippen molar-refractivity contribution < 1.29 is 14.1 Å². The zero-order valence-electron chi connectivity index (χ0n) is 12.7. The molecule has 1 N–H and O–H groups in total. The molecule has 22 heavy (non-hydrogen) atoms. The van der Waals surface area contributed by atoms with Gasteiger partial charge in [-0.2, -0.15) is 0 Å². The average molecular weight is 307 g/mol. The van der Waals surface area contributed by atoms with Crippen LogP contribution in [0.5, 0.6) is 5.75 Å². The molecule has 8 heteroatoms. The third-order valence-electron chi connectivity index (χ3n) is 2.64. The molecule has 1 heterocycles. The first kappa shape index (κ1) is 15.6. The van der Waals surface area contributed by atoms with Crippen LogP contribution in [0.3, 0.4) is 0 Å². The van der Waals surface area contributed by atoms with Crippen LogP contribution in [0.1, 0.15) is 20.8 Å². The third-order valence-corrected chi connectivity index (χ3v) is 2.64. The van der Waals surface area contributed by atoms with Crippen molar-refractivity contribution in [3.8, 4) is 11.4 Å². The first-order chi connectivity index (χ1) is 10.2. The lowest BCUT2D eigenvalue weighted by Gasteiger charge is -2.19. The van der Waals surface area contributed by atoms with Crippen LogP contribution >= 0.6 is 0 Å². The standard InChI is InChI=1S/C14H17N3O5/c1-14(2,3)15-11(18)21-10-7-5-6-9(8-10)17-12(19)16(4)13(20)22-17/h5-8H,1-4H3,(H,15,18). The largest absolute Gasteiger partial charge is 0.442 e. The molecule has 118 valence electrons. The highest BCUT2D eigenvalue weighted by Crippen LogP contribution is 2.16. The number of hydrogen-bond donors (Lipinski definition) is 1. The van der Waals surface area contributed by atoms with E-state index in [1.54, 1.807) is 18.2 Å². The Labute approximate surface area is 125 Å². The number of aromatic nitrogens is 2. The van der Waals surface area contributed by atoms with Gasteiger partial charge in [-0.05, 0) is 32.9 Å². The van der Waals surface area contributed by atoms with Gasteiger partial charge in [0.2, 0.25) is 0 Å². The van der Waals surface area contributed by atoms with Gasteiger partial charge in [-0.25, -0.2) is 19.0 Å². The predicted octanol–water partition coefficient (Wildman–Crippen LogP) is 1.02. The van der Waals surface area contributed by atoms with Crippen molar-refractivity contribution in [2.45, 2.75) is 26.3 Å². The van der Waals surface area contributed by atoms with Crippen molar-refractivity contribution >= 4 is 6.09 Å². The molecule has 0 unspecified atom stereocenters. The Balaban J connectivity index is 2.27. The van der Waals surface area contributed by atoms with E-state index in [-0.39, 0.29) is 11.4 Å². The van der Waals surface area contributed by atoms with E-state index in [4.69, 9.17) is 9.26 Å². The fourth-order valence-corrected chi connectivity index (χ4v) is 1.67. The summed E-state index contributed by atoms with van der Waals surface area (Å²) in [6, 6.07) is 6.11. The van der Waals surface area contributed by atoms with Crippen LogP contribution in [0.15, 0.2) is 38.4 Å². The second-order valence-electron chi connectivity index (χ2n) is 5.76. The molecule has 0 bridgehead atoms. The molecule has 0 saturated heterocycles. The van der Waals surface area contributed by atoms with Gasteiger partial charge in [0.25, 0.3) is 0 Å². The number of rotatable bonds is 2. The number of nitrogens with zero attached hydrogens (tertiary/aromatic N) is 2. The van der Waals surface area contributed by atoms with Gasteiger partial charge < -0.3 is 14.6 Å². The van der Waals surface area contributed by atoms with E-state index in [9.17, 15) is 14.4 Å². The molecule has 8 nitrogen and oxygen atoms in total. The van der Waals surface area contributed by atoms with E-state index >= 15 is 0 Å². The van der Waals surface area contributed by atoms with E-state index in [1.165, 1.54) is 13.1 Å². The van der Waals surface area contributed by atoms with Crippen molar-refractivity contribution in [3.63, 3.8) is 0 Å². The minimum absolute atomic E-state index is 0.220. The zero-order valence-corrected chi connectivity index (χ0v) is 12.7. The highest BCUT2D eigenvalue weighted by molar-refractivity contribution is 5.71. The smallest absolute Gasteiger partial charge is 0.410 e. The topological polar surface area (TPSA) is 95.5 Å². The molecule has 1 amide bonds. The predicted molar refractivity (Wildman–Crippen MR) is 78.5 cm³/mol. The quantitative estimate of drug-likeness (QED) is 0.893.